The van der Waals surface area contributed by atoms with E-state index in [0.29, 0.717) is 29.8 Å². The molecule has 4 atom stereocenters. The second-order valence-corrected chi connectivity index (χ2v) is 10.7. The molecule has 1 aliphatic carbocycles. The summed E-state index contributed by atoms with van der Waals surface area (Å²) in [6, 6.07) is 11.9. The third-order valence-electron chi connectivity index (χ3n) is 6.04. The van der Waals surface area contributed by atoms with E-state index in [9.17, 15) is 24.0 Å². The van der Waals surface area contributed by atoms with Crippen LogP contribution in [0.2, 0.25) is 0 Å². The molecule has 0 unspecified atom stereocenters. The molecule has 182 valence electrons. The first-order valence-corrected chi connectivity index (χ1v) is 12.7. The summed E-state index contributed by atoms with van der Waals surface area (Å²) < 4.78 is 10.0. The van der Waals surface area contributed by atoms with Crippen LogP contribution in [0.5, 0.6) is 5.75 Å². The van der Waals surface area contributed by atoms with Crippen molar-refractivity contribution < 1.29 is 33.4 Å². The Morgan fingerprint density at radius 3 is 1.89 bits per heavy atom. The molecule has 0 N–H and O–H groups in total. The number of fused-ring (bicyclic) bond motifs is 1. The Labute approximate surface area is 218 Å². The molecule has 0 aromatic heterocycles. The van der Waals surface area contributed by atoms with Gasteiger partial charge in [0.2, 0.25) is 11.8 Å². The van der Waals surface area contributed by atoms with Crippen LogP contribution >= 0.6 is 31.9 Å². The number of imide groups is 1. The van der Waals surface area contributed by atoms with Crippen LogP contribution in [-0.4, -0.2) is 45.8 Å². The summed E-state index contributed by atoms with van der Waals surface area (Å²) in [6.45, 7) is 0.803. The molecule has 2 fully saturated rings. The molecule has 1 aliphatic heterocycles. The first-order valence-electron chi connectivity index (χ1n) is 10.9. The van der Waals surface area contributed by atoms with Gasteiger partial charge in [-0.3, -0.25) is 24.1 Å². The zero-order valence-electron chi connectivity index (χ0n) is 18.6. The van der Waals surface area contributed by atoms with Gasteiger partial charge in [-0.25, -0.2) is 4.79 Å². The maximum Gasteiger partial charge on any atom is 0.338 e. The van der Waals surface area contributed by atoms with Gasteiger partial charge in [-0.15, -0.1) is 0 Å². The number of carbonyl (C=O) groups excluding carboxylic acids is 5. The fourth-order valence-electron chi connectivity index (χ4n) is 4.27. The third kappa shape index (κ3) is 5.38. The second-order valence-electron chi connectivity index (χ2n) is 8.39. The summed E-state index contributed by atoms with van der Waals surface area (Å²) in [7, 11) is 0. The summed E-state index contributed by atoms with van der Waals surface area (Å²) in [5, 5.41) is 0. The normalized spacial score (nSPS) is 23.6. The van der Waals surface area contributed by atoms with Crippen molar-refractivity contribution in [3.63, 3.8) is 0 Å². The lowest BCUT2D eigenvalue weighted by Crippen LogP contribution is -2.34. The van der Waals surface area contributed by atoms with E-state index in [1.807, 2.05) is 0 Å². The number of hydrogen-bond donors (Lipinski definition) is 0. The van der Waals surface area contributed by atoms with E-state index in [0.717, 1.165) is 0 Å². The minimum atomic E-state index is -0.710. The van der Waals surface area contributed by atoms with E-state index in [4.69, 9.17) is 9.47 Å². The Morgan fingerprint density at radius 1 is 0.857 bits per heavy atom. The fraction of sp³-hybridized carbons (Fsp3) is 0.320. The molecule has 0 radical (unpaired) electrons. The van der Waals surface area contributed by atoms with Gasteiger partial charge in [0.1, 0.15) is 5.75 Å². The van der Waals surface area contributed by atoms with Gasteiger partial charge in [0.15, 0.2) is 12.4 Å². The SMILES string of the molecule is CC(=O)Oc1ccc(C(=O)COC(=O)c2ccc(N3C(=O)[C@H]4C[C@@H](Br)[C@@H](Br)C[C@H]4C3=O)cc2)cc1. The zero-order valence-corrected chi connectivity index (χ0v) is 21.8. The predicted octanol–water partition coefficient (Wildman–Crippen LogP) is 4.08. The Kier molecular flexibility index (Phi) is 7.51. The molecule has 1 saturated heterocycles. The molecule has 10 heteroatoms. The maximum atomic E-state index is 12.9. The number of amides is 2. The minimum Gasteiger partial charge on any atom is -0.454 e. The largest absolute Gasteiger partial charge is 0.454 e. The molecule has 2 aromatic carbocycles. The van der Waals surface area contributed by atoms with Crippen molar-refractivity contribution in [2.75, 3.05) is 11.5 Å². The van der Waals surface area contributed by atoms with Crippen molar-refractivity contribution in [1.29, 1.82) is 0 Å². The molecule has 35 heavy (non-hydrogen) atoms. The lowest BCUT2D eigenvalue weighted by molar-refractivity contribution is -0.132. The lowest BCUT2D eigenvalue weighted by Gasteiger charge is -2.29. The first-order chi connectivity index (χ1) is 16.7. The smallest absolute Gasteiger partial charge is 0.338 e. The highest BCUT2D eigenvalue weighted by Crippen LogP contribution is 2.44. The second kappa shape index (κ2) is 10.4. The number of alkyl halides is 2. The number of esters is 2. The number of ketones is 1. The molecule has 1 saturated carbocycles. The van der Waals surface area contributed by atoms with Crippen LogP contribution in [-0.2, 0) is 19.1 Å². The van der Waals surface area contributed by atoms with Gasteiger partial charge in [0, 0.05) is 22.1 Å². The van der Waals surface area contributed by atoms with Crippen LogP contribution in [0.15, 0.2) is 48.5 Å². The molecule has 0 spiro atoms. The number of rotatable bonds is 6. The van der Waals surface area contributed by atoms with Gasteiger partial charge in [-0.05, 0) is 61.4 Å². The number of carbonyl (C=O) groups is 5. The molecule has 1 heterocycles. The van der Waals surface area contributed by atoms with Crippen molar-refractivity contribution >= 4 is 67.1 Å². The number of anilines is 1. The molecule has 8 nitrogen and oxygen atoms in total. The molecular weight excluding hydrogens is 586 g/mol. The fourth-order valence-corrected chi connectivity index (χ4v) is 5.51. The Morgan fingerprint density at radius 2 is 1.37 bits per heavy atom. The number of hydrogen-bond acceptors (Lipinski definition) is 7. The molecular formula is C25H21Br2NO7. The van der Waals surface area contributed by atoms with Gasteiger partial charge < -0.3 is 9.47 Å². The molecule has 0 bridgehead atoms. The number of nitrogens with zero attached hydrogens (tertiary/aromatic N) is 1. The van der Waals surface area contributed by atoms with Gasteiger partial charge in [-0.1, -0.05) is 31.9 Å². The minimum absolute atomic E-state index is 0.118. The molecule has 2 aliphatic rings. The molecule has 2 aromatic rings. The highest BCUT2D eigenvalue weighted by Gasteiger charge is 2.52. The number of benzene rings is 2. The highest BCUT2D eigenvalue weighted by molar-refractivity contribution is 9.12. The van der Waals surface area contributed by atoms with Crippen molar-refractivity contribution in [2.24, 2.45) is 11.8 Å². The number of halogens is 2. The van der Waals surface area contributed by atoms with Crippen molar-refractivity contribution in [3.8, 4) is 5.75 Å². The number of Topliss-reactive ketones (excluding diaryl/α,β-unsaturated/α-hetero) is 1. The Balaban J connectivity index is 1.37. The summed E-state index contributed by atoms with van der Waals surface area (Å²) in [4.78, 5) is 63.0. The van der Waals surface area contributed by atoms with Gasteiger partial charge in [-0.2, -0.15) is 0 Å². The summed E-state index contributed by atoms with van der Waals surface area (Å²) in [5.74, 6) is -2.48. The van der Waals surface area contributed by atoms with Crippen molar-refractivity contribution in [1.82, 2.24) is 0 Å². The van der Waals surface area contributed by atoms with Gasteiger partial charge in [0.05, 0.1) is 23.1 Å². The quantitative estimate of drug-likeness (QED) is 0.160. The van der Waals surface area contributed by atoms with E-state index >= 15 is 0 Å². The number of ether oxygens (including phenoxy) is 2. The van der Waals surface area contributed by atoms with E-state index < -0.39 is 24.3 Å². The standard InChI is InChI=1S/C25H21Br2NO7/c1-13(29)35-17-8-4-14(5-9-17)22(30)12-34-25(33)15-2-6-16(7-3-15)28-23(31)18-10-20(26)21(27)11-19(18)24(28)32/h2-9,18-21H,10-12H2,1H3/t18-,19+,20+,21-. The van der Waals surface area contributed by atoms with Crippen LogP contribution in [0.25, 0.3) is 0 Å². The zero-order chi connectivity index (χ0) is 25.3. The molecule has 2 amide bonds. The molecule has 4 rings (SSSR count). The van der Waals surface area contributed by atoms with E-state index in [1.165, 1.54) is 60.4 Å². The van der Waals surface area contributed by atoms with Gasteiger partial charge in [0.25, 0.3) is 0 Å². The summed E-state index contributed by atoms with van der Waals surface area (Å²) >= 11 is 7.14. The van der Waals surface area contributed by atoms with Crippen LogP contribution in [0.4, 0.5) is 5.69 Å². The van der Waals surface area contributed by atoms with Crippen LogP contribution in [0, 0.1) is 11.8 Å². The lowest BCUT2D eigenvalue weighted by atomic mass is 9.81. The van der Waals surface area contributed by atoms with Crippen LogP contribution in [0.1, 0.15) is 40.5 Å². The van der Waals surface area contributed by atoms with Gasteiger partial charge >= 0.3 is 11.9 Å². The first kappa shape index (κ1) is 25.2. The highest BCUT2D eigenvalue weighted by atomic mass is 79.9. The van der Waals surface area contributed by atoms with Crippen LogP contribution < -0.4 is 9.64 Å². The van der Waals surface area contributed by atoms with E-state index in [1.54, 1.807) is 0 Å². The van der Waals surface area contributed by atoms with Crippen molar-refractivity contribution in [3.05, 3.63) is 59.7 Å². The summed E-state index contributed by atoms with van der Waals surface area (Å²) in [6.07, 6.45) is 1.15. The summed E-state index contributed by atoms with van der Waals surface area (Å²) in [5.41, 5.74) is 0.879. The third-order valence-corrected chi connectivity index (χ3v) is 8.78. The van der Waals surface area contributed by atoms with E-state index in [2.05, 4.69) is 31.9 Å². The maximum absolute atomic E-state index is 12.9. The Bertz CT molecular complexity index is 1150. The van der Waals surface area contributed by atoms with E-state index in [-0.39, 0.29) is 38.9 Å². The Hall–Kier alpha value is -2.85. The predicted molar refractivity (Wildman–Crippen MR) is 133 cm³/mol. The topological polar surface area (TPSA) is 107 Å². The average Bonchev–Trinajstić information content (AvgIpc) is 3.07. The average molecular weight is 607 g/mol. The monoisotopic (exact) mass is 605 g/mol. The van der Waals surface area contributed by atoms with Crippen LogP contribution in [0.3, 0.4) is 0 Å². The van der Waals surface area contributed by atoms with Crippen molar-refractivity contribution in [2.45, 2.75) is 29.4 Å².